The Morgan fingerprint density at radius 3 is 2.81 bits per heavy atom. The molecule has 1 aromatic carbocycles. The number of hydrogen-bond donors (Lipinski definition) is 0. The Bertz CT molecular complexity index is 412. The van der Waals surface area contributed by atoms with Gasteiger partial charge in [-0.3, -0.25) is 4.79 Å². The molecule has 1 aliphatic rings. The van der Waals surface area contributed by atoms with E-state index in [9.17, 15) is 4.79 Å². The average molecular weight is 219 g/mol. The Balaban J connectivity index is 2.47. The molecule has 16 heavy (non-hydrogen) atoms. The molecular weight excluding hydrogens is 202 g/mol. The van der Waals surface area contributed by atoms with Crippen LogP contribution in [0.1, 0.15) is 25.0 Å². The second-order valence-corrected chi connectivity index (χ2v) is 4.63. The van der Waals surface area contributed by atoms with Crippen molar-refractivity contribution in [2.24, 2.45) is 0 Å². The van der Waals surface area contributed by atoms with Crippen LogP contribution >= 0.6 is 0 Å². The number of benzene rings is 1. The Kier molecular flexibility index (Phi) is 2.62. The SMILES string of the molecule is COc1ccc2c(c1)CCN(C=O)C2(C)C. The van der Waals surface area contributed by atoms with E-state index in [1.165, 1.54) is 11.1 Å². The molecule has 0 N–H and O–H groups in total. The third-order valence-electron chi connectivity index (χ3n) is 3.44. The first kappa shape index (κ1) is 11.0. The van der Waals surface area contributed by atoms with Gasteiger partial charge in [-0.15, -0.1) is 0 Å². The van der Waals surface area contributed by atoms with Gasteiger partial charge in [-0.1, -0.05) is 6.07 Å². The van der Waals surface area contributed by atoms with Crippen LogP contribution in [0.2, 0.25) is 0 Å². The number of amides is 1. The summed E-state index contributed by atoms with van der Waals surface area (Å²) in [6.07, 6.45) is 1.84. The highest BCUT2D eigenvalue weighted by molar-refractivity contribution is 5.53. The van der Waals surface area contributed by atoms with Gasteiger partial charge in [0.25, 0.3) is 0 Å². The zero-order valence-electron chi connectivity index (χ0n) is 9.99. The lowest BCUT2D eigenvalue weighted by molar-refractivity contribution is -0.123. The maximum absolute atomic E-state index is 11.0. The van der Waals surface area contributed by atoms with Crippen LogP contribution in [-0.2, 0) is 16.8 Å². The molecule has 0 saturated heterocycles. The highest BCUT2D eigenvalue weighted by Gasteiger charge is 2.33. The van der Waals surface area contributed by atoms with E-state index in [2.05, 4.69) is 26.0 Å². The molecule has 0 saturated carbocycles. The standard InChI is InChI=1S/C13H17NO2/c1-13(2)12-5-4-11(16-3)8-10(12)6-7-14(13)9-15/h4-5,8-9H,6-7H2,1-3H3. The number of carbonyl (C=O) groups excluding carboxylic acids is 1. The molecule has 0 spiro atoms. The summed E-state index contributed by atoms with van der Waals surface area (Å²) in [6, 6.07) is 6.08. The summed E-state index contributed by atoms with van der Waals surface area (Å²) in [7, 11) is 1.67. The molecule has 1 amide bonds. The Labute approximate surface area is 96.0 Å². The summed E-state index contributed by atoms with van der Waals surface area (Å²) in [6.45, 7) is 4.93. The topological polar surface area (TPSA) is 29.5 Å². The van der Waals surface area contributed by atoms with Crippen LogP contribution in [0.4, 0.5) is 0 Å². The second-order valence-electron chi connectivity index (χ2n) is 4.63. The second kappa shape index (κ2) is 3.81. The molecule has 2 rings (SSSR count). The first-order valence-corrected chi connectivity index (χ1v) is 5.49. The van der Waals surface area contributed by atoms with Crippen LogP contribution in [0.15, 0.2) is 18.2 Å². The molecule has 1 heterocycles. The minimum atomic E-state index is -0.221. The van der Waals surface area contributed by atoms with E-state index >= 15 is 0 Å². The van der Waals surface area contributed by atoms with Gasteiger partial charge < -0.3 is 9.64 Å². The van der Waals surface area contributed by atoms with Crippen molar-refractivity contribution in [1.29, 1.82) is 0 Å². The highest BCUT2D eigenvalue weighted by atomic mass is 16.5. The summed E-state index contributed by atoms with van der Waals surface area (Å²) in [5.74, 6) is 0.883. The van der Waals surface area contributed by atoms with E-state index < -0.39 is 0 Å². The van der Waals surface area contributed by atoms with E-state index in [0.717, 1.165) is 25.1 Å². The fourth-order valence-electron chi connectivity index (χ4n) is 2.36. The molecule has 86 valence electrons. The zero-order chi connectivity index (χ0) is 11.8. The van der Waals surface area contributed by atoms with Gasteiger partial charge in [0, 0.05) is 6.54 Å². The maximum Gasteiger partial charge on any atom is 0.210 e. The molecule has 0 radical (unpaired) electrons. The fourth-order valence-corrected chi connectivity index (χ4v) is 2.36. The summed E-state index contributed by atoms with van der Waals surface area (Å²) >= 11 is 0. The van der Waals surface area contributed by atoms with Gasteiger partial charge in [0.05, 0.1) is 12.6 Å². The van der Waals surface area contributed by atoms with Gasteiger partial charge in [-0.25, -0.2) is 0 Å². The molecule has 1 aliphatic heterocycles. The summed E-state index contributed by atoms with van der Waals surface area (Å²) in [5.41, 5.74) is 2.27. The first-order chi connectivity index (χ1) is 7.59. The van der Waals surface area contributed by atoms with Crippen molar-refractivity contribution in [2.75, 3.05) is 13.7 Å². The van der Waals surface area contributed by atoms with Crippen molar-refractivity contribution in [3.8, 4) is 5.75 Å². The highest BCUT2D eigenvalue weighted by Crippen LogP contribution is 2.35. The molecule has 0 aromatic heterocycles. The molecule has 3 heteroatoms. The largest absolute Gasteiger partial charge is 0.497 e. The van der Waals surface area contributed by atoms with E-state index in [-0.39, 0.29) is 5.54 Å². The molecule has 0 atom stereocenters. The van der Waals surface area contributed by atoms with Crippen molar-refractivity contribution < 1.29 is 9.53 Å². The van der Waals surface area contributed by atoms with Gasteiger partial charge in [0.1, 0.15) is 5.75 Å². The maximum atomic E-state index is 11.0. The lowest BCUT2D eigenvalue weighted by Crippen LogP contribution is -2.45. The van der Waals surface area contributed by atoms with E-state index in [1.807, 2.05) is 11.0 Å². The minimum Gasteiger partial charge on any atom is -0.497 e. The van der Waals surface area contributed by atoms with Crippen LogP contribution in [0.25, 0.3) is 0 Å². The average Bonchev–Trinajstić information content (AvgIpc) is 2.28. The van der Waals surface area contributed by atoms with Crippen molar-refractivity contribution >= 4 is 6.41 Å². The van der Waals surface area contributed by atoms with Crippen molar-refractivity contribution in [3.05, 3.63) is 29.3 Å². The van der Waals surface area contributed by atoms with Crippen LogP contribution in [-0.4, -0.2) is 25.0 Å². The summed E-state index contributed by atoms with van der Waals surface area (Å²) in [4.78, 5) is 12.9. The lowest BCUT2D eigenvalue weighted by atomic mass is 9.84. The monoisotopic (exact) mass is 219 g/mol. The van der Waals surface area contributed by atoms with Gasteiger partial charge >= 0.3 is 0 Å². The van der Waals surface area contributed by atoms with E-state index in [4.69, 9.17) is 4.74 Å². The Morgan fingerprint density at radius 1 is 1.44 bits per heavy atom. The summed E-state index contributed by atoms with van der Waals surface area (Å²) in [5, 5.41) is 0. The third-order valence-corrected chi connectivity index (χ3v) is 3.44. The van der Waals surface area contributed by atoms with Gasteiger partial charge in [0.15, 0.2) is 0 Å². The number of hydrogen-bond acceptors (Lipinski definition) is 2. The zero-order valence-corrected chi connectivity index (χ0v) is 9.99. The summed E-state index contributed by atoms with van der Waals surface area (Å²) < 4.78 is 5.22. The van der Waals surface area contributed by atoms with Gasteiger partial charge in [-0.2, -0.15) is 0 Å². The third kappa shape index (κ3) is 1.56. The normalized spacial score (nSPS) is 17.8. The molecule has 0 unspecified atom stereocenters. The predicted octanol–water partition coefficient (Wildman–Crippen LogP) is 1.94. The minimum absolute atomic E-state index is 0.221. The van der Waals surface area contributed by atoms with Gasteiger partial charge in [0.2, 0.25) is 6.41 Å². The number of rotatable bonds is 2. The van der Waals surface area contributed by atoms with Crippen molar-refractivity contribution in [2.45, 2.75) is 25.8 Å². The van der Waals surface area contributed by atoms with E-state index in [0.29, 0.717) is 0 Å². The number of ether oxygens (including phenoxy) is 1. The molecule has 0 fully saturated rings. The van der Waals surface area contributed by atoms with Crippen LogP contribution in [0, 0.1) is 0 Å². The van der Waals surface area contributed by atoms with Crippen molar-refractivity contribution in [3.63, 3.8) is 0 Å². The molecule has 0 bridgehead atoms. The number of nitrogens with zero attached hydrogens (tertiary/aromatic N) is 1. The predicted molar refractivity (Wildman–Crippen MR) is 62.5 cm³/mol. The van der Waals surface area contributed by atoms with Crippen molar-refractivity contribution in [1.82, 2.24) is 4.90 Å². The molecule has 1 aromatic rings. The van der Waals surface area contributed by atoms with Crippen LogP contribution in [0.5, 0.6) is 5.75 Å². The lowest BCUT2D eigenvalue weighted by Gasteiger charge is -2.41. The quantitative estimate of drug-likeness (QED) is 0.711. The van der Waals surface area contributed by atoms with E-state index in [1.54, 1.807) is 7.11 Å². The van der Waals surface area contributed by atoms with Crippen LogP contribution in [0.3, 0.4) is 0 Å². The number of methoxy groups -OCH3 is 1. The number of fused-ring (bicyclic) bond motifs is 1. The Hall–Kier alpha value is -1.51. The molecular formula is C13H17NO2. The molecule has 3 nitrogen and oxygen atoms in total. The molecule has 0 aliphatic carbocycles. The smallest absolute Gasteiger partial charge is 0.210 e. The first-order valence-electron chi connectivity index (χ1n) is 5.49. The fraction of sp³-hybridized carbons (Fsp3) is 0.462. The Morgan fingerprint density at radius 2 is 2.19 bits per heavy atom. The van der Waals surface area contributed by atoms with Crippen LogP contribution < -0.4 is 4.74 Å². The number of carbonyl (C=O) groups is 1. The van der Waals surface area contributed by atoms with Gasteiger partial charge in [-0.05, 0) is 43.5 Å².